The maximum absolute atomic E-state index is 13.0. The van der Waals surface area contributed by atoms with Crippen LogP contribution in [-0.4, -0.2) is 43.8 Å². The Bertz CT molecular complexity index is 1000. The minimum absolute atomic E-state index is 0.0252. The van der Waals surface area contributed by atoms with Gasteiger partial charge in [0, 0.05) is 12.1 Å². The number of rotatable bonds is 4. The predicted octanol–water partition coefficient (Wildman–Crippen LogP) is 3.02. The largest absolute Gasteiger partial charge is 0.504 e. The summed E-state index contributed by atoms with van der Waals surface area (Å²) < 4.78 is 7.44. The molecule has 3 aromatic rings. The van der Waals surface area contributed by atoms with E-state index in [1.165, 1.54) is 11.9 Å². The van der Waals surface area contributed by atoms with Crippen LogP contribution < -0.4 is 4.74 Å². The number of benzene rings is 2. The number of hydrogen-bond donors (Lipinski definition) is 1. The molecule has 1 aliphatic rings. The number of carbonyl (C=O) groups excluding carboxylic acids is 1. The molecular weight excluding hydrogens is 368 g/mol. The van der Waals surface area contributed by atoms with Crippen molar-refractivity contribution in [2.75, 3.05) is 13.2 Å². The third-order valence-corrected chi connectivity index (χ3v) is 5.16. The molecule has 0 fully saturated rings. The molecule has 1 aliphatic heterocycles. The van der Waals surface area contributed by atoms with E-state index < -0.39 is 0 Å². The van der Waals surface area contributed by atoms with Gasteiger partial charge in [-0.15, -0.1) is 0 Å². The summed E-state index contributed by atoms with van der Waals surface area (Å²) in [6.07, 6.45) is 3.07. The highest BCUT2D eigenvalue weighted by atomic mass is 16.5. The minimum Gasteiger partial charge on any atom is -0.504 e. The molecule has 0 aliphatic carbocycles. The van der Waals surface area contributed by atoms with Crippen molar-refractivity contribution in [1.29, 1.82) is 0 Å². The Morgan fingerprint density at radius 1 is 1.24 bits per heavy atom. The average molecular weight is 392 g/mol. The molecule has 150 valence electrons. The van der Waals surface area contributed by atoms with Gasteiger partial charge in [0.1, 0.15) is 19.3 Å². The lowest BCUT2D eigenvalue weighted by molar-refractivity contribution is -0.136. The number of amides is 1. The fourth-order valence-electron chi connectivity index (χ4n) is 3.60. The van der Waals surface area contributed by atoms with E-state index in [4.69, 9.17) is 4.74 Å². The lowest BCUT2D eigenvalue weighted by Crippen LogP contribution is -2.37. The fraction of sp³-hybridized carbons (Fsp3) is 0.318. The van der Waals surface area contributed by atoms with Gasteiger partial charge in [-0.25, -0.2) is 4.98 Å². The second kappa shape index (κ2) is 7.95. The van der Waals surface area contributed by atoms with Crippen LogP contribution in [0.3, 0.4) is 0 Å². The van der Waals surface area contributed by atoms with E-state index in [0.29, 0.717) is 32.0 Å². The molecule has 0 radical (unpaired) electrons. The molecule has 1 aromatic heterocycles. The number of aromatic hydroxyl groups is 1. The van der Waals surface area contributed by atoms with Crippen molar-refractivity contribution < 1.29 is 14.6 Å². The summed E-state index contributed by atoms with van der Waals surface area (Å²) in [5, 5.41) is 14.6. The zero-order chi connectivity index (χ0) is 20.4. The topological polar surface area (TPSA) is 80.5 Å². The molecule has 0 saturated heterocycles. The number of hydrogen-bond acceptors (Lipinski definition) is 5. The Hall–Kier alpha value is -3.35. The highest BCUT2D eigenvalue weighted by molar-refractivity contribution is 5.79. The highest BCUT2D eigenvalue weighted by Crippen LogP contribution is 2.37. The van der Waals surface area contributed by atoms with Crippen LogP contribution >= 0.6 is 0 Å². The first-order valence-electron chi connectivity index (χ1n) is 9.68. The predicted molar refractivity (Wildman–Crippen MR) is 108 cm³/mol. The Morgan fingerprint density at radius 3 is 2.76 bits per heavy atom. The van der Waals surface area contributed by atoms with E-state index in [9.17, 15) is 9.90 Å². The van der Waals surface area contributed by atoms with Gasteiger partial charge in [-0.05, 0) is 30.2 Å². The minimum atomic E-state index is -0.243. The summed E-state index contributed by atoms with van der Waals surface area (Å²) in [5.74, 6) is 0.340. The van der Waals surface area contributed by atoms with E-state index in [1.807, 2.05) is 44.2 Å². The third kappa shape index (κ3) is 4.08. The molecule has 0 spiro atoms. The van der Waals surface area contributed by atoms with Crippen molar-refractivity contribution in [1.82, 2.24) is 19.7 Å². The lowest BCUT2D eigenvalue weighted by Gasteiger charge is -2.23. The molecule has 7 heteroatoms. The average Bonchev–Trinajstić information content (AvgIpc) is 3.11. The number of phenolic OH excluding ortho intramolecular Hbond substituents is 1. The van der Waals surface area contributed by atoms with Crippen molar-refractivity contribution >= 4 is 5.91 Å². The van der Waals surface area contributed by atoms with Gasteiger partial charge < -0.3 is 14.7 Å². The molecule has 0 bridgehead atoms. The first kappa shape index (κ1) is 19.0. The fourth-order valence-corrected chi connectivity index (χ4v) is 3.60. The van der Waals surface area contributed by atoms with Gasteiger partial charge in [0.2, 0.25) is 5.91 Å². The first-order valence-corrected chi connectivity index (χ1v) is 9.68. The summed E-state index contributed by atoms with van der Waals surface area (Å²) in [6, 6.07) is 11.8. The van der Waals surface area contributed by atoms with E-state index in [2.05, 4.69) is 10.1 Å². The van der Waals surface area contributed by atoms with Crippen LogP contribution in [0.1, 0.15) is 18.1 Å². The lowest BCUT2D eigenvalue weighted by atomic mass is 10.00. The van der Waals surface area contributed by atoms with E-state index in [-0.39, 0.29) is 17.6 Å². The second-order valence-electron chi connectivity index (χ2n) is 7.48. The molecule has 1 amide bonds. The van der Waals surface area contributed by atoms with Crippen molar-refractivity contribution in [3.63, 3.8) is 0 Å². The summed E-state index contributed by atoms with van der Waals surface area (Å²) in [5.41, 5.74) is 3.89. The molecule has 0 saturated carbocycles. The van der Waals surface area contributed by atoms with Crippen LogP contribution in [0.4, 0.5) is 0 Å². The van der Waals surface area contributed by atoms with Crippen LogP contribution in [0.25, 0.3) is 11.1 Å². The van der Waals surface area contributed by atoms with Crippen LogP contribution in [0.2, 0.25) is 0 Å². The van der Waals surface area contributed by atoms with Gasteiger partial charge in [-0.1, -0.05) is 36.8 Å². The molecule has 1 unspecified atom stereocenters. The van der Waals surface area contributed by atoms with Crippen LogP contribution in [0.5, 0.6) is 11.5 Å². The molecule has 4 rings (SSSR count). The van der Waals surface area contributed by atoms with Crippen molar-refractivity contribution in [3.8, 4) is 22.6 Å². The van der Waals surface area contributed by atoms with Gasteiger partial charge in [0.25, 0.3) is 0 Å². The van der Waals surface area contributed by atoms with Crippen molar-refractivity contribution in [2.45, 2.75) is 26.9 Å². The number of nitrogens with zero attached hydrogens (tertiary/aromatic N) is 4. The van der Waals surface area contributed by atoms with E-state index in [1.54, 1.807) is 22.0 Å². The Balaban J connectivity index is 1.58. The normalized spacial score (nSPS) is 14.6. The zero-order valence-corrected chi connectivity index (χ0v) is 16.6. The number of aromatic nitrogens is 3. The quantitative estimate of drug-likeness (QED) is 0.738. The zero-order valence-electron chi connectivity index (χ0n) is 16.6. The van der Waals surface area contributed by atoms with Gasteiger partial charge >= 0.3 is 0 Å². The van der Waals surface area contributed by atoms with E-state index >= 15 is 0 Å². The summed E-state index contributed by atoms with van der Waals surface area (Å²) >= 11 is 0. The number of aryl methyl sites for hydroxylation is 1. The summed E-state index contributed by atoms with van der Waals surface area (Å²) in [6.45, 7) is 5.59. The Morgan fingerprint density at radius 2 is 2.03 bits per heavy atom. The molecule has 29 heavy (non-hydrogen) atoms. The number of fused-ring (bicyclic) bond motifs is 1. The van der Waals surface area contributed by atoms with Crippen LogP contribution in [-0.2, 0) is 17.9 Å². The highest BCUT2D eigenvalue weighted by Gasteiger charge is 2.26. The van der Waals surface area contributed by atoms with Gasteiger partial charge in [0.05, 0.1) is 19.0 Å². The van der Waals surface area contributed by atoms with Crippen LogP contribution in [0.15, 0.2) is 49.1 Å². The van der Waals surface area contributed by atoms with E-state index in [0.717, 1.165) is 16.7 Å². The molecular formula is C22H24N4O3. The van der Waals surface area contributed by atoms with Crippen molar-refractivity contribution in [3.05, 3.63) is 60.2 Å². The standard InChI is InChI=1S/C22H24N4O3/c1-15-3-5-17(6-4-15)18-9-19-12-25(7-8-29-21(19)20(27)10-18)22(28)16(2)11-26-14-23-13-24-26/h3-6,9-10,13-14,16,27H,7-8,11-12H2,1-2H3. The number of carbonyl (C=O) groups is 1. The Labute approximate surface area is 169 Å². The van der Waals surface area contributed by atoms with Gasteiger partial charge in [0.15, 0.2) is 11.5 Å². The smallest absolute Gasteiger partial charge is 0.227 e. The Kier molecular flexibility index (Phi) is 5.20. The molecule has 1 N–H and O–H groups in total. The monoisotopic (exact) mass is 392 g/mol. The van der Waals surface area contributed by atoms with Gasteiger partial charge in [-0.3, -0.25) is 9.48 Å². The molecule has 2 aromatic carbocycles. The molecule has 2 heterocycles. The second-order valence-corrected chi connectivity index (χ2v) is 7.48. The SMILES string of the molecule is Cc1ccc(-c2cc(O)c3c(c2)CN(C(=O)C(C)Cn2cncn2)CCO3)cc1. The molecule has 1 atom stereocenters. The van der Waals surface area contributed by atoms with Crippen LogP contribution in [0, 0.1) is 12.8 Å². The van der Waals surface area contributed by atoms with Gasteiger partial charge in [-0.2, -0.15) is 5.10 Å². The number of phenols is 1. The summed E-state index contributed by atoms with van der Waals surface area (Å²) in [7, 11) is 0. The van der Waals surface area contributed by atoms with Crippen molar-refractivity contribution in [2.24, 2.45) is 5.92 Å². The third-order valence-electron chi connectivity index (χ3n) is 5.16. The molecule has 7 nitrogen and oxygen atoms in total. The maximum Gasteiger partial charge on any atom is 0.227 e. The number of ether oxygens (including phenoxy) is 1. The maximum atomic E-state index is 13.0. The first-order chi connectivity index (χ1) is 14.0. The summed E-state index contributed by atoms with van der Waals surface area (Å²) in [4.78, 5) is 18.7.